The molecule has 1 saturated carbocycles. The molecule has 1 saturated heterocycles. The quantitative estimate of drug-likeness (QED) is 0.897. The van der Waals surface area contributed by atoms with Crippen LogP contribution >= 0.6 is 0 Å². The average Bonchev–Trinajstić information content (AvgIpc) is 2.41. The van der Waals surface area contributed by atoms with Crippen LogP contribution in [0.25, 0.3) is 0 Å². The summed E-state index contributed by atoms with van der Waals surface area (Å²) in [5.74, 6) is 0.171. The van der Waals surface area contributed by atoms with Crippen molar-refractivity contribution < 1.29 is 4.79 Å². The summed E-state index contributed by atoms with van der Waals surface area (Å²) >= 11 is 0. The van der Waals surface area contributed by atoms with Gasteiger partial charge in [-0.3, -0.25) is 4.79 Å². The first-order valence-corrected chi connectivity index (χ1v) is 8.17. The molecule has 2 N–H and O–H groups in total. The van der Waals surface area contributed by atoms with Gasteiger partial charge in [0.25, 0.3) is 0 Å². The van der Waals surface area contributed by atoms with E-state index in [4.69, 9.17) is 0 Å². The second kappa shape index (κ2) is 5.80. The lowest BCUT2D eigenvalue weighted by Gasteiger charge is -2.48. The lowest BCUT2D eigenvalue weighted by atomic mass is 9.70. The number of benzene rings is 1. The fourth-order valence-corrected chi connectivity index (χ4v) is 3.71. The molecular formula is C18H26N2O. The number of carbonyl (C=O) groups excluding carboxylic acids is 1. The van der Waals surface area contributed by atoms with Gasteiger partial charge in [0.15, 0.2) is 0 Å². The summed E-state index contributed by atoms with van der Waals surface area (Å²) in [6, 6.07) is 6.68. The van der Waals surface area contributed by atoms with Gasteiger partial charge in [0.2, 0.25) is 5.91 Å². The van der Waals surface area contributed by atoms with Crippen LogP contribution in [0.15, 0.2) is 18.2 Å². The van der Waals surface area contributed by atoms with Gasteiger partial charge in [0, 0.05) is 11.6 Å². The number of rotatable bonds is 3. The van der Waals surface area contributed by atoms with E-state index >= 15 is 0 Å². The highest BCUT2D eigenvalue weighted by molar-refractivity contribution is 5.79. The highest BCUT2D eigenvalue weighted by atomic mass is 16.1. The molecule has 1 aromatic carbocycles. The van der Waals surface area contributed by atoms with Crippen molar-refractivity contribution in [2.24, 2.45) is 0 Å². The second-order valence-electron chi connectivity index (χ2n) is 6.92. The van der Waals surface area contributed by atoms with Crippen molar-refractivity contribution in [3.8, 4) is 0 Å². The van der Waals surface area contributed by atoms with Gasteiger partial charge in [0.05, 0.1) is 6.42 Å². The molecule has 1 heterocycles. The SMILES string of the molecule is Cc1ccc(C)c(CC(=O)NC2CCNC3(CCC3)C2)c1. The van der Waals surface area contributed by atoms with Crippen LogP contribution < -0.4 is 10.6 Å². The highest BCUT2D eigenvalue weighted by Gasteiger charge is 2.41. The molecule has 114 valence electrons. The molecule has 1 aliphatic carbocycles. The van der Waals surface area contributed by atoms with Crippen molar-refractivity contribution in [1.29, 1.82) is 0 Å². The second-order valence-corrected chi connectivity index (χ2v) is 6.92. The van der Waals surface area contributed by atoms with Gasteiger partial charge in [-0.25, -0.2) is 0 Å². The average molecular weight is 286 g/mol. The Labute approximate surface area is 127 Å². The van der Waals surface area contributed by atoms with Crippen LogP contribution in [0, 0.1) is 13.8 Å². The van der Waals surface area contributed by atoms with E-state index in [-0.39, 0.29) is 5.91 Å². The summed E-state index contributed by atoms with van der Waals surface area (Å²) in [5, 5.41) is 6.91. The van der Waals surface area contributed by atoms with E-state index in [1.165, 1.54) is 30.4 Å². The Morgan fingerprint density at radius 3 is 2.90 bits per heavy atom. The van der Waals surface area contributed by atoms with Crippen molar-refractivity contribution in [1.82, 2.24) is 10.6 Å². The predicted octanol–water partition coefficient (Wildman–Crippen LogP) is 2.64. The first-order chi connectivity index (χ1) is 10.1. The maximum Gasteiger partial charge on any atom is 0.224 e. The standard InChI is InChI=1S/C18H26N2O/c1-13-4-5-14(2)15(10-13)11-17(21)20-16-6-9-19-18(12-16)7-3-8-18/h4-5,10,16,19H,3,6-9,11-12H2,1-2H3,(H,20,21). The van der Waals surface area contributed by atoms with Crippen LogP contribution in [0.5, 0.6) is 0 Å². The maximum absolute atomic E-state index is 12.3. The summed E-state index contributed by atoms with van der Waals surface area (Å²) in [6.45, 7) is 5.19. The molecular weight excluding hydrogens is 260 g/mol. The lowest BCUT2D eigenvalue weighted by Crippen LogP contribution is -2.59. The van der Waals surface area contributed by atoms with E-state index in [1.54, 1.807) is 0 Å². The van der Waals surface area contributed by atoms with Crippen LogP contribution in [0.2, 0.25) is 0 Å². The Hall–Kier alpha value is -1.35. The van der Waals surface area contributed by atoms with E-state index in [9.17, 15) is 4.79 Å². The van der Waals surface area contributed by atoms with Crippen molar-refractivity contribution in [2.45, 2.75) is 64.0 Å². The van der Waals surface area contributed by atoms with Gasteiger partial charge in [-0.2, -0.15) is 0 Å². The number of hydrogen-bond acceptors (Lipinski definition) is 2. The molecule has 1 spiro atoms. The largest absolute Gasteiger partial charge is 0.353 e. The fourth-order valence-electron chi connectivity index (χ4n) is 3.71. The Morgan fingerprint density at radius 1 is 1.38 bits per heavy atom. The van der Waals surface area contributed by atoms with E-state index in [1.807, 2.05) is 0 Å². The molecule has 1 amide bonds. The lowest BCUT2D eigenvalue weighted by molar-refractivity contribution is -0.121. The number of carbonyl (C=O) groups is 1. The van der Waals surface area contributed by atoms with Gasteiger partial charge >= 0.3 is 0 Å². The molecule has 3 nitrogen and oxygen atoms in total. The zero-order chi connectivity index (χ0) is 14.9. The molecule has 2 aliphatic rings. The molecule has 1 unspecified atom stereocenters. The number of amides is 1. The van der Waals surface area contributed by atoms with Crippen LogP contribution in [0.4, 0.5) is 0 Å². The highest BCUT2D eigenvalue weighted by Crippen LogP contribution is 2.38. The summed E-state index contributed by atoms with van der Waals surface area (Å²) in [4.78, 5) is 12.3. The van der Waals surface area contributed by atoms with E-state index in [0.29, 0.717) is 18.0 Å². The van der Waals surface area contributed by atoms with Crippen LogP contribution in [-0.2, 0) is 11.2 Å². The zero-order valence-corrected chi connectivity index (χ0v) is 13.2. The van der Waals surface area contributed by atoms with Crippen LogP contribution in [-0.4, -0.2) is 24.0 Å². The molecule has 1 aliphatic heterocycles. The Morgan fingerprint density at radius 2 is 2.19 bits per heavy atom. The minimum atomic E-state index is 0.171. The summed E-state index contributed by atoms with van der Waals surface area (Å²) < 4.78 is 0. The molecule has 0 radical (unpaired) electrons. The normalized spacial score (nSPS) is 23.6. The minimum Gasteiger partial charge on any atom is -0.353 e. The number of nitrogens with one attached hydrogen (secondary N) is 2. The van der Waals surface area contributed by atoms with Crippen molar-refractivity contribution in [3.05, 3.63) is 34.9 Å². The number of piperidine rings is 1. The molecule has 3 rings (SSSR count). The molecule has 0 bridgehead atoms. The topological polar surface area (TPSA) is 41.1 Å². The van der Waals surface area contributed by atoms with Crippen molar-refractivity contribution in [3.63, 3.8) is 0 Å². The van der Waals surface area contributed by atoms with Gasteiger partial charge < -0.3 is 10.6 Å². The van der Waals surface area contributed by atoms with Crippen molar-refractivity contribution >= 4 is 5.91 Å². The van der Waals surface area contributed by atoms with Crippen LogP contribution in [0.3, 0.4) is 0 Å². The van der Waals surface area contributed by atoms with Gasteiger partial charge in [-0.15, -0.1) is 0 Å². The molecule has 2 fully saturated rings. The monoisotopic (exact) mass is 286 g/mol. The third-order valence-electron chi connectivity index (χ3n) is 5.16. The number of hydrogen-bond donors (Lipinski definition) is 2. The third kappa shape index (κ3) is 3.29. The van der Waals surface area contributed by atoms with Crippen LogP contribution in [0.1, 0.15) is 48.8 Å². The van der Waals surface area contributed by atoms with Gasteiger partial charge in [-0.1, -0.05) is 23.8 Å². The Bertz CT molecular complexity index is 534. The molecule has 0 aromatic heterocycles. The van der Waals surface area contributed by atoms with E-state index in [0.717, 1.165) is 24.9 Å². The summed E-state index contributed by atoms with van der Waals surface area (Å²) in [6.07, 6.45) is 6.54. The Balaban J connectivity index is 1.57. The van der Waals surface area contributed by atoms with Gasteiger partial charge in [-0.05, 0) is 63.6 Å². The molecule has 1 atom stereocenters. The third-order valence-corrected chi connectivity index (χ3v) is 5.16. The zero-order valence-electron chi connectivity index (χ0n) is 13.2. The first kappa shape index (κ1) is 14.6. The Kier molecular flexibility index (Phi) is 4.03. The predicted molar refractivity (Wildman–Crippen MR) is 85.4 cm³/mol. The molecule has 3 heteroatoms. The molecule has 21 heavy (non-hydrogen) atoms. The molecule has 1 aromatic rings. The smallest absolute Gasteiger partial charge is 0.224 e. The van der Waals surface area contributed by atoms with Crippen molar-refractivity contribution in [2.75, 3.05) is 6.54 Å². The first-order valence-electron chi connectivity index (χ1n) is 8.17. The number of aryl methyl sites for hydroxylation is 2. The maximum atomic E-state index is 12.3. The summed E-state index contributed by atoms with van der Waals surface area (Å²) in [7, 11) is 0. The fraction of sp³-hybridized carbons (Fsp3) is 0.611. The summed E-state index contributed by atoms with van der Waals surface area (Å²) in [5.41, 5.74) is 3.92. The van der Waals surface area contributed by atoms with Gasteiger partial charge in [0.1, 0.15) is 0 Å². The minimum absolute atomic E-state index is 0.171. The van der Waals surface area contributed by atoms with E-state index < -0.39 is 0 Å². The van der Waals surface area contributed by atoms with E-state index in [2.05, 4.69) is 42.7 Å².